The van der Waals surface area contributed by atoms with Crippen molar-refractivity contribution in [2.75, 3.05) is 5.32 Å². The number of benzene rings is 2. The molecule has 2 aromatic carbocycles. The molecule has 2 aromatic heterocycles. The number of hydrogen-bond donors (Lipinski definition) is 3. The highest BCUT2D eigenvalue weighted by molar-refractivity contribution is 7.13. The number of hydrogen-bond acceptors (Lipinski definition) is 4. The lowest BCUT2D eigenvalue weighted by molar-refractivity contribution is 0.466. The number of phenols is 1. The third-order valence-corrected chi connectivity index (χ3v) is 4.88. The quantitative estimate of drug-likeness (QED) is 0.500. The summed E-state index contributed by atoms with van der Waals surface area (Å²) in [7, 11) is 0. The highest BCUT2D eigenvalue weighted by atomic mass is 32.1. The van der Waals surface area contributed by atoms with Crippen molar-refractivity contribution in [2.24, 2.45) is 0 Å². The molecule has 24 heavy (non-hydrogen) atoms. The maximum absolute atomic E-state index is 10.4. The van der Waals surface area contributed by atoms with Crippen molar-refractivity contribution in [3.05, 3.63) is 76.9 Å². The molecule has 1 atom stereocenters. The van der Waals surface area contributed by atoms with Gasteiger partial charge in [0.1, 0.15) is 5.75 Å². The monoisotopic (exact) mass is 335 g/mol. The van der Waals surface area contributed by atoms with E-state index < -0.39 is 0 Å². The van der Waals surface area contributed by atoms with E-state index in [0.717, 1.165) is 32.9 Å². The van der Waals surface area contributed by atoms with Gasteiger partial charge >= 0.3 is 0 Å². The Labute approximate surface area is 143 Å². The summed E-state index contributed by atoms with van der Waals surface area (Å²) in [6, 6.07) is 15.5. The van der Waals surface area contributed by atoms with E-state index in [1.807, 2.05) is 35.7 Å². The minimum atomic E-state index is -0.187. The molecule has 3 N–H and O–H groups in total. The van der Waals surface area contributed by atoms with Crippen LogP contribution in [0, 0.1) is 6.92 Å². The van der Waals surface area contributed by atoms with Gasteiger partial charge in [0.05, 0.1) is 6.04 Å². The molecule has 2 heterocycles. The van der Waals surface area contributed by atoms with E-state index in [-0.39, 0.29) is 11.8 Å². The van der Waals surface area contributed by atoms with Gasteiger partial charge in [-0.05, 0) is 19.1 Å². The van der Waals surface area contributed by atoms with E-state index in [1.165, 1.54) is 0 Å². The first-order chi connectivity index (χ1) is 11.7. The molecule has 4 aromatic rings. The fourth-order valence-electron chi connectivity index (χ4n) is 3.13. The molecule has 0 amide bonds. The Bertz CT molecular complexity index is 975. The molecular weight excluding hydrogens is 318 g/mol. The van der Waals surface area contributed by atoms with E-state index in [1.54, 1.807) is 23.6 Å². The van der Waals surface area contributed by atoms with Crippen molar-refractivity contribution in [2.45, 2.75) is 13.0 Å². The summed E-state index contributed by atoms with van der Waals surface area (Å²) >= 11 is 1.55. The molecule has 120 valence electrons. The average molecular weight is 335 g/mol. The van der Waals surface area contributed by atoms with Crippen LogP contribution in [0.2, 0.25) is 0 Å². The first kappa shape index (κ1) is 14.8. The first-order valence-corrected chi connectivity index (χ1v) is 8.63. The summed E-state index contributed by atoms with van der Waals surface area (Å²) in [4.78, 5) is 7.78. The Morgan fingerprint density at radius 3 is 2.71 bits per heavy atom. The second-order valence-electron chi connectivity index (χ2n) is 5.68. The molecule has 0 fully saturated rings. The van der Waals surface area contributed by atoms with E-state index in [4.69, 9.17) is 0 Å². The highest BCUT2D eigenvalue weighted by Crippen LogP contribution is 2.37. The van der Waals surface area contributed by atoms with Crippen LogP contribution < -0.4 is 5.32 Å². The van der Waals surface area contributed by atoms with Gasteiger partial charge in [0.15, 0.2) is 5.13 Å². The lowest BCUT2D eigenvalue weighted by Crippen LogP contribution is -2.13. The van der Waals surface area contributed by atoms with Gasteiger partial charge in [0.25, 0.3) is 0 Å². The molecule has 4 nitrogen and oxygen atoms in total. The zero-order valence-electron chi connectivity index (χ0n) is 13.2. The molecule has 0 aliphatic heterocycles. The van der Waals surface area contributed by atoms with E-state index >= 15 is 0 Å². The third-order valence-electron chi connectivity index (χ3n) is 4.18. The van der Waals surface area contributed by atoms with E-state index in [2.05, 4.69) is 34.3 Å². The first-order valence-electron chi connectivity index (χ1n) is 7.75. The molecule has 0 aliphatic carbocycles. The van der Waals surface area contributed by atoms with E-state index in [0.29, 0.717) is 0 Å². The molecule has 0 spiro atoms. The Hall–Kier alpha value is -2.79. The van der Waals surface area contributed by atoms with Crippen molar-refractivity contribution >= 4 is 27.4 Å². The normalized spacial score (nSPS) is 12.4. The molecule has 0 bridgehead atoms. The van der Waals surface area contributed by atoms with Crippen LogP contribution >= 0.6 is 11.3 Å². The lowest BCUT2D eigenvalue weighted by Gasteiger charge is -2.20. The molecule has 4 rings (SSSR count). The number of nitrogens with one attached hydrogen (secondary N) is 2. The van der Waals surface area contributed by atoms with Gasteiger partial charge in [0, 0.05) is 39.3 Å². The Kier molecular flexibility index (Phi) is 3.70. The minimum Gasteiger partial charge on any atom is -0.508 e. The summed E-state index contributed by atoms with van der Waals surface area (Å²) in [5.41, 5.74) is 4.13. The standard InChI is InChI=1S/C19H17N3OS/c1-12-17(13-6-2-4-8-15(13)21-12)18(22-19-20-10-11-24-19)14-7-3-5-9-16(14)23/h2-11,18,21,23H,1H3,(H,20,22). The number of fused-ring (bicyclic) bond motifs is 1. The summed E-state index contributed by atoms with van der Waals surface area (Å²) in [5.74, 6) is 0.274. The van der Waals surface area contributed by atoms with Crippen LogP contribution in [0.15, 0.2) is 60.1 Å². The van der Waals surface area contributed by atoms with Gasteiger partial charge in [-0.1, -0.05) is 36.4 Å². The Morgan fingerprint density at radius 1 is 1.12 bits per heavy atom. The van der Waals surface area contributed by atoms with Crippen LogP contribution in [0.4, 0.5) is 5.13 Å². The Balaban J connectivity index is 1.92. The fourth-order valence-corrected chi connectivity index (χ4v) is 3.68. The van der Waals surface area contributed by atoms with Gasteiger partial charge in [0.2, 0.25) is 0 Å². The van der Waals surface area contributed by atoms with Gasteiger partial charge in [-0.15, -0.1) is 11.3 Å². The predicted octanol–water partition coefficient (Wildman–Crippen LogP) is 4.84. The van der Waals surface area contributed by atoms with Gasteiger partial charge in [-0.3, -0.25) is 0 Å². The third kappa shape index (κ3) is 2.53. The maximum Gasteiger partial charge on any atom is 0.183 e. The molecule has 0 saturated carbocycles. The molecule has 5 heteroatoms. The number of aromatic nitrogens is 2. The van der Waals surface area contributed by atoms with E-state index in [9.17, 15) is 5.11 Å². The average Bonchev–Trinajstić information content (AvgIpc) is 3.20. The van der Waals surface area contributed by atoms with Crippen LogP contribution in [0.25, 0.3) is 10.9 Å². The van der Waals surface area contributed by atoms with Crippen LogP contribution in [0.1, 0.15) is 22.9 Å². The number of anilines is 1. The second kappa shape index (κ2) is 6.02. The minimum absolute atomic E-state index is 0.187. The van der Waals surface area contributed by atoms with Crippen LogP contribution in [0.5, 0.6) is 5.75 Å². The van der Waals surface area contributed by atoms with Crippen LogP contribution in [-0.4, -0.2) is 15.1 Å². The Morgan fingerprint density at radius 2 is 1.92 bits per heavy atom. The van der Waals surface area contributed by atoms with Crippen molar-refractivity contribution in [1.82, 2.24) is 9.97 Å². The summed E-state index contributed by atoms with van der Waals surface area (Å²) in [5, 5.41) is 17.8. The second-order valence-corrected chi connectivity index (χ2v) is 6.58. The number of aryl methyl sites for hydroxylation is 1. The smallest absolute Gasteiger partial charge is 0.183 e. The lowest BCUT2D eigenvalue weighted by atomic mass is 9.95. The summed E-state index contributed by atoms with van der Waals surface area (Å²) < 4.78 is 0. The highest BCUT2D eigenvalue weighted by Gasteiger charge is 2.23. The van der Waals surface area contributed by atoms with Crippen LogP contribution in [0.3, 0.4) is 0 Å². The summed E-state index contributed by atoms with van der Waals surface area (Å²) in [6.07, 6.45) is 1.77. The van der Waals surface area contributed by atoms with Crippen molar-refractivity contribution in [1.29, 1.82) is 0 Å². The molecule has 0 radical (unpaired) electrons. The number of para-hydroxylation sites is 2. The number of rotatable bonds is 4. The topological polar surface area (TPSA) is 60.9 Å². The van der Waals surface area contributed by atoms with Crippen molar-refractivity contribution in [3.63, 3.8) is 0 Å². The molecular formula is C19H17N3OS. The number of aromatic amines is 1. The largest absolute Gasteiger partial charge is 0.508 e. The predicted molar refractivity (Wildman–Crippen MR) is 98.7 cm³/mol. The number of aromatic hydroxyl groups is 1. The zero-order chi connectivity index (χ0) is 16.5. The number of thiazole rings is 1. The number of H-pyrrole nitrogens is 1. The summed E-state index contributed by atoms with van der Waals surface area (Å²) in [6.45, 7) is 2.06. The number of phenolic OH excluding ortho intramolecular Hbond substituents is 1. The van der Waals surface area contributed by atoms with Gasteiger partial charge < -0.3 is 15.4 Å². The SMILES string of the molecule is Cc1[nH]c2ccccc2c1C(Nc1nccs1)c1ccccc1O. The zero-order valence-corrected chi connectivity index (χ0v) is 14.0. The van der Waals surface area contributed by atoms with Gasteiger partial charge in [-0.2, -0.15) is 0 Å². The molecule has 0 aliphatic rings. The van der Waals surface area contributed by atoms with Gasteiger partial charge in [-0.25, -0.2) is 4.98 Å². The maximum atomic E-state index is 10.4. The molecule has 0 saturated heterocycles. The fraction of sp³-hybridized carbons (Fsp3) is 0.105. The van der Waals surface area contributed by atoms with Crippen LogP contribution in [-0.2, 0) is 0 Å². The van der Waals surface area contributed by atoms with Crippen molar-refractivity contribution < 1.29 is 5.11 Å². The molecule has 1 unspecified atom stereocenters. The van der Waals surface area contributed by atoms with Crippen molar-refractivity contribution in [3.8, 4) is 5.75 Å². The number of nitrogens with zero attached hydrogens (tertiary/aromatic N) is 1.